The quantitative estimate of drug-likeness (QED) is 0.909. The first-order valence-corrected chi connectivity index (χ1v) is 8.23. The molecule has 1 aromatic heterocycles. The molecular weight excluding hydrogens is 288 g/mol. The minimum absolute atomic E-state index is 0.0354. The molecule has 1 atom stereocenters. The Kier molecular flexibility index (Phi) is 3.16. The Morgan fingerprint density at radius 2 is 2.05 bits per heavy atom. The molecule has 2 heterocycles. The lowest BCUT2D eigenvalue weighted by atomic mass is 9.96. The summed E-state index contributed by atoms with van der Waals surface area (Å²) in [4.78, 5) is 0.0638. The van der Waals surface area contributed by atoms with Crippen LogP contribution in [0.25, 0.3) is 0 Å². The monoisotopic (exact) mass is 306 g/mol. The Morgan fingerprint density at radius 3 is 2.71 bits per heavy atom. The number of nitrogens with zero attached hydrogens (tertiary/aromatic N) is 3. The molecule has 112 valence electrons. The van der Waals surface area contributed by atoms with Gasteiger partial charge in [0.2, 0.25) is 0 Å². The molecule has 1 aliphatic heterocycles. The Balaban J connectivity index is 2.14. The number of hydrogen-bond donors (Lipinski definition) is 1. The lowest BCUT2D eigenvalue weighted by Gasteiger charge is -2.33. The molecule has 6 nitrogen and oxygen atoms in total. The summed E-state index contributed by atoms with van der Waals surface area (Å²) in [5.41, 5.74) is 7.53. The van der Waals surface area contributed by atoms with Crippen LogP contribution in [0, 0.1) is 5.92 Å². The zero-order valence-corrected chi connectivity index (χ0v) is 12.8. The first kappa shape index (κ1) is 13.9. The van der Waals surface area contributed by atoms with Crippen molar-refractivity contribution >= 4 is 21.5 Å². The zero-order valence-electron chi connectivity index (χ0n) is 12.0. The van der Waals surface area contributed by atoms with Crippen LogP contribution in [0.15, 0.2) is 35.4 Å². The van der Waals surface area contributed by atoms with E-state index in [-0.39, 0.29) is 16.6 Å². The summed E-state index contributed by atoms with van der Waals surface area (Å²) in [6, 6.07) is 7.59. The fourth-order valence-electron chi connectivity index (χ4n) is 2.78. The topological polar surface area (TPSA) is 81.2 Å². The van der Waals surface area contributed by atoms with Gasteiger partial charge in [0.1, 0.15) is 4.90 Å². The molecule has 0 saturated carbocycles. The van der Waals surface area contributed by atoms with Crippen LogP contribution >= 0.6 is 0 Å². The second-order valence-corrected chi connectivity index (χ2v) is 7.36. The van der Waals surface area contributed by atoms with Crippen molar-refractivity contribution < 1.29 is 8.42 Å². The fourth-order valence-corrected chi connectivity index (χ4v) is 4.49. The van der Waals surface area contributed by atoms with Crippen LogP contribution in [-0.2, 0) is 23.5 Å². The summed E-state index contributed by atoms with van der Waals surface area (Å²) in [7, 11) is -2.04. The van der Waals surface area contributed by atoms with Crippen molar-refractivity contribution in [3.05, 3.63) is 36.0 Å². The van der Waals surface area contributed by atoms with Crippen molar-refractivity contribution in [2.24, 2.45) is 13.0 Å². The van der Waals surface area contributed by atoms with Crippen LogP contribution in [0.5, 0.6) is 0 Å². The lowest BCUT2D eigenvalue weighted by molar-refractivity contribution is 0.545. The lowest BCUT2D eigenvalue weighted by Crippen LogP contribution is -2.39. The minimum atomic E-state index is -3.69. The van der Waals surface area contributed by atoms with E-state index in [0.717, 1.165) is 17.7 Å². The van der Waals surface area contributed by atoms with Gasteiger partial charge in [-0.3, -0.25) is 8.99 Å². The number of fused-ring (bicyclic) bond motifs is 1. The summed E-state index contributed by atoms with van der Waals surface area (Å²) < 4.78 is 28.7. The van der Waals surface area contributed by atoms with Gasteiger partial charge >= 0.3 is 0 Å². The van der Waals surface area contributed by atoms with E-state index in [9.17, 15) is 8.42 Å². The number of anilines is 2. The van der Waals surface area contributed by atoms with Crippen LogP contribution in [0.1, 0.15) is 12.5 Å². The van der Waals surface area contributed by atoms with Crippen molar-refractivity contribution in [1.82, 2.24) is 9.78 Å². The van der Waals surface area contributed by atoms with E-state index < -0.39 is 10.0 Å². The van der Waals surface area contributed by atoms with Gasteiger partial charge in [-0.2, -0.15) is 5.10 Å². The van der Waals surface area contributed by atoms with Gasteiger partial charge in [-0.05, 0) is 24.0 Å². The smallest absolute Gasteiger partial charge is 0.269 e. The predicted molar refractivity (Wildman–Crippen MR) is 81.5 cm³/mol. The Bertz CT molecular complexity index is 782. The van der Waals surface area contributed by atoms with E-state index in [1.54, 1.807) is 7.05 Å². The molecule has 0 bridgehead atoms. The van der Waals surface area contributed by atoms with Gasteiger partial charge in [-0.15, -0.1) is 0 Å². The maximum Gasteiger partial charge on any atom is 0.269 e. The normalized spacial score (nSPS) is 18.6. The number of aromatic nitrogens is 2. The molecule has 0 amide bonds. The molecule has 0 radical (unpaired) electrons. The number of nitrogen functional groups attached to an aromatic ring is 1. The van der Waals surface area contributed by atoms with Gasteiger partial charge in [0.05, 0.1) is 5.69 Å². The highest BCUT2D eigenvalue weighted by Gasteiger charge is 2.33. The second kappa shape index (κ2) is 4.77. The number of sulfonamides is 1. The third-order valence-corrected chi connectivity index (χ3v) is 5.49. The van der Waals surface area contributed by atoms with Crippen LogP contribution in [0.2, 0.25) is 0 Å². The number of nitrogens with two attached hydrogens (primary N) is 1. The number of rotatable bonds is 2. The molecule has 1 unspecified atom stereocenters. The number of hydrogen-bond acceptors (Lipinski definition) is 4. The van der Waals surface area contributed by atoms with E-state index in [0.29, 0.717) is 6.54 Å². The molecule has 0 aliphatic carbocycles. The summed E-state index contributed by atoms with van der Waals surface area (Å²) in [5, 5.41) is 3.94. The average Bonchev–Trinajstić information content (AvgIpc) is 2.77. The van der Waals surface area contributed by atoms with E-state index in [4.69, 9.17) is 5.73 Å². The maximum atomic E-state index is 12.9. The SMILES string of the molecule is CC1Cc2ccccc2N(S(=O)(=O)c2cn(C)nc2N)C1. The van der Waals surface area contributed by atoms with Crippen LogP contribution in [-0.4, -0.2) is 24.7 Å². The number of benzene rings is 1. The minimum Gasteiger partial charge on any atom is -0.381 e. The Hall–Kier alpha value is -2.02. The molecule has 0 fully saturated rings. The van der Waals surface area contributed by atoms with Crippen molar-refractivity contribution in [1.29, 1.82) is 0 Å². The highest BCUT2D eigenvalue weighted by Crippen LogP contribution is 2.34. The maximum absolute atomic E-state index is 12.9. The van der Waals surface area contributed by atoms with Crippen molar-refractivity contribution in [3.8, 4) is 0 Å². The third kappa shape index (κ3) is 2.27. The molecule has 21 heavy (non-hydrogen) atoms. The Labute approximate surface area is 124 Å². The first-order valence-electron chi connectivity index (χ1n) is 6.79. The van der Waals surface area contributed by atoms with Gasteiger partial charge < -0.3 is 5.73 Å². The molecule has 1 aliphatic rings. The standard InChI is InChI=1S/C14H18N4O2S/c1-10-7-11-5-3-4-6-12(11)18(8-10)21(19,20)13-9-17(2)16-14(13)15/h3-6,9-10H,7-8H2,1-2H3,(H2,15,16). The van der Waals surface area contributed by atoms with E-state index >= 15 is 0 Å². The van der Waals surface area contributed by atoms with Gasteiger partial charge in [0, 0.05) is 19.8 Å². The molecule has 7 heteroatoms. The predicted octanol–water partition coefficient (Wildman–Crippen LogP) is 1.39. The van der Waals surface area contributed by atoms with Crippen LogP contribution in [0.3, 0.4) is 0 Å². The van der Waals surface area contributed by atoms with Crippen LogP contribution < -0.4 is 10.0 Å². The highest BCUT2D eigenvalue weighted by molar-refractivity contribution is 7.93. The van der Waals surface area contributed by atoms with Crippen molar-refractivity contribution in [2.75, 3.05) is 16.6 Å². The molecule has 3 rings (SSSR count). The number of aryl methyl sites for hydroxylation is 1. The molecule has 0 saturated heterocycles. The van der Waals surface area contributed by atoms with E-state index in [2.05, 4.69) is 5.10 Å². The number of para-hydroxylation sites is 1. The van der Waals surface area contributed by atoms with Gasteiger partial charge in [0.15, 0.2) is 5.82 Å². The van der Waals surface area contributed by atoms with Gasteiger partial charge in [-0.1, -0.05) is 25.1 Å². The third-order valence-electron chi connectivity index (χ3n) is 3.70. The Morgan fingerprint density at radius 1 is 1.33 bits per heavy atom. The molecule has 2 aromatic rings. The summed E-state index contributed by atoms with van der Waals surface area (Å²) in [6.07, 6.45) is 2.33. The van der Waals surface area contributed by atoms with Crippen molar-refractivity contribution in [2.45, 2.75) is 18.2 Å². The fraction of sp³-hybridized carbons (Fsp3) is 0.357. The van der Waals surface area contributed by atoms with E-state index in [1.165, 1.54) is 15.2 Å². The molecule has 1 aromatic carbocycles. The van der Waals surface area contributed by atoms with Gasteiger partial charge in [0.25, 0.3) is 10.0 Å². The summed E-state index contributed by atoms with van der Waals surface area (Å²) >= 11 is 0. The van der Waals surface area contributed by atoms with Crippen LogP contribution in [0.4, 0.5) is 11.5 Å². The first-order chi connectivity index (χ1) is 9.89. The summed E-state index contributed by atoms with van der Waals surface area (Å²) in [6.45, 7) is 2.50. The molecule has 0 spiro atoms. The second-order valence-electron chi connectivity index (χ2n) is 5.53. The van der Waals surface area contributed by atoms with Gasteiger partial charge in [-0.25, -0.2) is 8.42 Å². The molecule has 2 N–H and O–H groups in total. The largest absolute Gasteiger partial charge is 0.381 e. The van der Waals surface area contributed by atoms with Crippen molar-refractivity contribution in [3.63, 3.8) is 0 Å². The summed E-state index contributed by atoms with van der Waals surface area (Å²) in [5.74, 6) is 0.292. The molecular formula is C14H18N4O2S. The zero-order chi connectivity index (χ0) is 15.2. The average molecular weight is 306 g/mol. The highest BCUT2D eigenvalue weighted by atomic mass is 32.2. The van der Waals surface area contributed by atoms with E-state index in [1.807, 2.05) is 31.2 Å².